The van der Waals surface area contributed by atoms with Crippen molar-refractivity contribution >= 4 is 15.4 Å². The molecule has 40 valence electrons. The summed E-state index contributed by atoms with van der Waals surface area (Å²) in [6.07, 6.45) is 0. The summed E-state index contributed by atoms with van der Waals surface area (Å²) >= 11 is 0. The second-order valence-electron chi connectivity index (χ2n) is 1.19. The molecule has 0 bridgehead atoms. The standard InChI is InChI=1S/C4H7O2P/c1-3(2)4(5)6-7/h1,7H2,2H3. The Kier molecular flexibility index (Phi) is 2.61. The van der Waals surface area contributed by atoms with Gasteiger partial charge in [0.2, 0.25) is 0 Å². The minimum atomic E-state index is -0.384. The van der Waals surface area contributed by atoms with E-state index < -0.39 is 0 Å². The third-order valence-electron chi connectivity index (χ3n) is 0.455. The van der Waals surface area contributed by atoms with Gasteiger partial charge in [-0.15, -0.1) is 0 Å². The van der Waals surface area contributed by atoms with Gasteiger partial charge in [0.05, 0.1) is 9.47 Å². The van der Waals surface area contributed by atoms with Gasteiger partial charge in [-0.25, -0.2) is 4.79 Å². The van der Waals surface area contributed by atoms with Crippen LogP contribution in [-0.4, -0.2) is 5.97 Å². The number of carbonyl (C=O) groups is 1. The van der Waals surface area contributed by atoms with E-state index in [0.717, 1.165) is 0 Å². The van der Waals surface area contributed by atoms with E-state index in [9.17, 15) is 4.79 Å². The Bertz CT molecular complexity index is 97.9. The molecule has 3 heteroatoms. The highest BCUT2D eigenvalue weighted by Gasteiger charge is 1.95. The average molecular weight is 118 g/mol. The van der Waals surface area contributed by atoms with Gasteiger partial charge in [0.25, 0.3) is 0 Å². The van der Waals surface area contributed by atoms with E-state index in [2.05, 4.69) is 11.1 Å². The molecular formula is C4H7O2P. The fourth-order valence-electron chi connectivity index (χ4n) is 0.101. The summed E-state index contributed by atoms with van der Waals surface area (Å²) in [5.41, 5.74) is 0.412. The van der Waals surface area contributed by atoms with Crippen molar-refractivity contribution in [3.05, 3.63) is 12.2 Å². The van der Waals surface area contributed by atoms with Gasteiger partial charge in [0.15, 0.2) is 0 Å². The lowest BCUT2D eigenvalue weighted by molar-refractivity contribution is -0.128. The Labute approximate surface area is 44.8 Å². The van der Waals surface area contributed by atoms with E-state index in [1.807, 2.05) is 9.47 Å². The minimum Gasteiger partial charge on any atom is -0.448 e. The average Bonchev–Trinajstić information content (AvgIpc) is 1.65. The molecule has 2 nitrogen and oxygen atoms in total. The molecule has 0 aliphatic rings. The first kappa shape index (κ1) is 6.64. The monoisotopic (exact) mass is 118 g/mol. The maximum atomic E-state index is 10.2. The molecule has 0 radical (unpaired) electrons. The van der Waals surface area contributed by atoms with Crippen LogP contribution in [-0.2, 0) is 9.32 Å². The number of hydrogen-bond donors (Lipinski definition) is 0. The molecule has 7 heavy (non-hydrogen) atoms. The molecule has 1 atom stereocenters. The molecule has 0 spiro atoms. The zero-order valence-electron chi connectivity index (χ0n) is 4.10. The Morgan fingerprint density at radius 2 is 2.29 bits per heavy atom. The summed E-state index contributed by atoms with van der Waals surface area (Å²) < 4.78 is 4.19. The summed E-state index contributed by atoms with van der Waals surface area (Å²) in [5.74, 6) is -0.384. The molecule has 0 amide bonds. The van der Waals surface area contributed by atoms with Crippen LogP contribution in [0.3, 0.4) is 0 Å². The molecule has 0 heterocycles. The van der Waals surface area contributed by atoms with Crippen molar-refractivity contribution in [1.82, 2.24) is 0 Å². The molecule has 0 N–H and O–H groups in total. The summed E-state index contributed by atoms with van der Waals surface area (Å²) in [7, 11) is 1.85. The van der Waals surface area contributed by atoms with Crippen molar-refractivity contribution in [2.45, 2.75) is 6.92 Å². The molecule has 0 saturated carbocycles. The van der Waals surface area contributed by atoms with Crippen molar-refractivity contribution in [3.63, 3.8) is 0 Å². The highest BCUT2D eigenvalue weighted by molar-refractivity contribution is 7.10. The molecule has 0 rings (SSSR count). The van der Waals surface area contributed by atoms with E-state index in [1.165, 1.54) is 0 Å². The van der Waals surface area contributed by atoms with Gasteiger partial charge in [0.1, 0.15) is 0 Å². The summed E-state index contributed by atoms with van der Waals surface area (Å²) in [6.45, 7) is 4.93. The fourth-order valence-corrected chi connectivity index (χ4v) is 0.302. The lowest BCUT2D eigenvalue weighted by Gasteiger charge is -1.91. The molecule has 1 unspecified atom stereocenters. The zero-order chi connectivity index (χ0) is 5.86. The molecule has 0 aliphatic carbocycles. The quantitative estimate of drug-likeness (QED) is 0.377. The smallest absolute Gasteiger partial charge is 0.335 e. The first-order valence-electron chi connectivity index (χ1n) is 1.75. The van der Waals surface area contributed by atoms with Gasteiger partial charge >= 0.3 is 5.97 Å². The maximum absolute atomic E-state index is 10.2. The fraction of sp³-hybridized carbons (Fsp3) is 0.250. The van der Waals surface area contributed by atoms with E-state index in [1.54, 1.807) is 6.92 Å². The van der Waals surface area contributed by atoms with Crippen LogP contribution in [0.5, 0.6) is 0 Å². The number of rotatable bonds is 1. The molecular weight excluding hydrogens is 111 g/mol. The van der Waals surface area contributed by atoms with Crippen molar-refractivity contribution in [3.8, 4) is 0 Å². The topological polar surface area (TPSA) is 26.3 Å². The lowest BCUT2D eigenvalue weighted by Crippen LogP contribution is -1.94. The third-order valence-corrected chi connectivity index (χ3v) is 0.670. The summed E-state index contributed by atoms with van der Waals surface area (Å²) in [6, 6.07) is 0. The molecule has 0 aromatic rings. The van der Waals surface area contributed by atoms with E-state index in [4.69, 9.17) is 0 Å². The lowest BCUT2D eigenvalue weighted by atomic mass is 10.4. The Hall–Kier alpha value is -0.360. The highest BCUT2D eigenvalue weighted by Crippen LogP contribution is 1.94. The first-order valence-corrected chi connectivity index (χ1v) is 2.22. The Morgan fingerprint density at radius 1 is 1.86 bits per heavy atom. The van der Waals surface area contributed by atoms with Gasteiger partial charge < -0.3 is 4.52 Å². The largest absolute Gasteiger partial charge is 0.448 e. The predicted octanol–water partition coefficient (Wildman–Crippen LogP) is 0.896. The van der Waals surface area contributed by atoms with Gasteiger partial charge in [-0.2, -0.15) is 0 Å². The van der Waals surface area contributed by atoms with E-state index >= 15 is 0 Å². The van der Waals surface area contributed by atoms with Crippen LogP contribution in [0.4, 0.5) is 0 Å². The maximum Gasteiger partial charge on any atom is 0.335 e. The van der Waals surface area contributed by atoms with Crippen molar-refractivity contribution < 1.29 is 9.32 Å². The van der Waals surface area contributed by atoms with E-state index in [0.29, 0.717) is 5.57 Å². The van der Waals surface area contributed by atoms with Crippen LogP contribution < -0.4 is 0 Å². The Balaban J connectivity index is 3.58. The Morgan fingerprint density at radius 3 is 2.29 bits per heavy atom. The summed E-state index contributed by atoms with van der Waals surface area (Å²) in [4.78, 5) is 10.2. The summed E-state index contributed by atoms with van der Waals surface area (Å²) in [5, 5.41) is 0. The van der Waals surface area contributed by atoms with Crippen LogP contribution in [0, 0.1) is 0 Å². The van der Waals surface area contributed by atoms with Gasteiger partial charge in [-0.05, 0) is 6.92 Å². The van der Waals surface area contributed by atoms with Crippen LogP contribution in [0.1, 0.15) is 6.92 Å². The second kappa shape index (κ2) is 2.75. The van der Waals surface area contributed by atoms with Gasteiger partial charge in [-0.3, -0.25) is 0 Å². The van der Waals surface area contributed by atoms with Crippen LogP contribution in [0.25, 0.3) is 0 Å². The predicted molar refractivity (Wildman–Crippen MR) is 30.6 cm³/mol. The van der Waals surface area contributed by atoms with Gasteiger partial charge in [0, 0.05) is 5.57 Å². The zero-order valence-corrected chi connectivity index (χ0v) is 5.26. The van der Waals surface area contributed by atoms with Crippen molar-refractivity contribution in [2.75, 3.05) is 0 Å². The van der Waals surface area contributed by atoms with E-state index in [-0.39, 0.29) is 5.97 Å². The molecule has 0 aliphatic heterocycles. The number of carbonyl (C=O) groups excluding carboxylic acids is 1. The van der Waals surface area contributed by atoms with Crippen molar-refractivity contribution in [1.29, 1.82) is 0 Å². The number of hydrogen-bond acceptors (Lipinski definition) is 2. The third kappa shape index (κ3) is 2.35. The molecule has 0 saturated heterocycles. The first-order chi connectivity index (χ1) is 3.18. The molecule has 0 fully saturated rings. The molecule has 0 aromatic heterocycles. The molecule has 0 aromatic carbocycles. The van der Waals surface area contributed by atoms with Crippen molar-refractivity contribution in [2.24, 2.45) is 0 Å². The minimum absolute atomic E-state index is 0.384. The normalized spacial score (nSPS) is 7.71. The van der Waals surface area contributed by atoms with Crippen LogP contribution in [0.15, 0.2) is 12.2 Å². The van der Waals surface area contributed by atoms with Crippen LogP contribution >= 0.6 is 9.47 Å². The van der Waals surface area contributed by atoms with Crippen LogP contribution in [0.2, 0.25) is 0 Å². The highest BCUT2D eigenvalue weighted by atomic mass is 31.0. The second-order valence-corrected chi connectivity index (χ2v) is 1.42. The SMILES string of the molecule is C=C(C)C(=O)OP. The van der Waals surface area contributed by atoms with Gasteiger partial charge in [-0.1, -0.05) is 6.58 Å².